The van der Waals surface area contributed by atoms with Gasteiger partial charge in [-0.25, -0.2) is 0 Å². The Kier molecular flexibility index (Phi) is 32.8. The molecular weight excluding hydrogens is 977 g/mol. The van der Waals surface area contributed by atoms with Gasteiger partial charge in [-0.1, -0.05) is 145 Å². The molecule has 0 spiro atoms. The van der Waals surface area contributed by atoms with Crippen molar-refractivity contribution in [1.29, 1.82) is 0 Å². The third kappa shape index (κ3) is 24.5. The molecule has 6 fully saturated rings. The third-order valence-corrected chi connectivity index (χ3v) is 20.1. The molecule has 0 bridgehead atoms. The first kappa shape index (κ1) is 77.7. The lowest BCUT2D eigenvalue weighted by atomic mass is 9.83. The molecule has 0 aromatic rings. The molecule has 480 valence electrons. The smallest absolute Gasteiger partial charge is 0.0503 e. The summed E-state index contributed by atoms with van der Waals surface area (Å²) in [6, 6.07) is 10.5. The average molecular weight is 1130 g/mol. The van der Waals surface area contributed by atoms with Gasteiger partial charge in [0.15, 0.2) is 0 Å². The molecule has 80 heavy (non-hydrogen) atoms. The van der Waals surface area contributed by atoms with Gasteiger partial charge in [0, 0.05) is 111 Å². The van der Waals surface area contributed by atoms with Crippen LogP contribution in [0.5, 0.6) is 0 Å². The normalized spacial score (nSPS) is 30.0. The van der Waals surface area contributed by atoms with Crippen LogP contribution in [0.15, 0.2) is 0 Å². The minimum Gasteiger partial charge on any atom is -0.384 e. The molecule has 0 aliphatic carbocycles. The van der Waals surface area contributed by atoms with Crippen molar-refractivity contribution >= 4 is 0 Å². The second-order valence-electron chi connectivity index (χ2n) is 34.6. The molecule has 6 heterocycles. The van der Waals surface area contributed by atoms with Gasteiger partial charge in [0.1, 0.15) is 0 Å². The van der Waals surface area contributed by atoms with Crippen molar-refractivity contribution in [2.75, 3.05) is 39.9 Å². The minimum atomic E-state index is 0.382. The summed E-state index contributed by atoms with van der Waals surface area (Å²) in [7, 11) is 1.81. The molecule has 7 nitrogen and oxygen atoms in total. The largest absolute Gasteiger partial charge is 0.384 e. The highest BCUT2D eigenvalue weighted by Gasteiger charge is 2.44. The van der Waals surface area contributed by atoms with Crippen LogP contribution in [0.1, 0.15) is 299 Å². The van der Waals surface area contributed by atoms with Gasteiger partial charge in [-0.3, -0.25) is 29.4 Å². The Morgan fingerprint density at radius 3 is 1.09 bits per heavy atom. The quantitative estimate of drug-likeness (QED) is 0.204. The predicted molar refractivity (Wildman–Crippen MR) is 360 cm³/mol. The van der Waals surface area contributed by atoms with Crippen molar-refractivity contribution in [2.24, 2.45) is 50.7 Å². The van der Waals surface area contributed by atoms with Crippen LogP contribution in [0.2, 0.25) is 0 Å². The van der Waals surface area contributed by atoms with Gasteiger partial charge in [0.25, 0.3) is 0 Å². The highest BCUT2D eigenvalue weighted by atomic mass is 16.5. The number of likely N-dealkylation sites (tertiary alicyclic amines) is 6. The van der Waals surface area contributed by atoms with E-state index in [1.54, 1.807) is 0 Å². The first-order valence-corrected chi connectivity index (χ1v) is 34.4. The fourth-order valence-electron chi connectivity index (χ4n) is 15.8. The number of rotatable bonds is 11. The summed E-state index contributed by atoms with van der Waals surface area (Å²) in [4.78, 5) is 16.1. The van der Waals surface area contributed by atoms with Crippen LogP contribution in [0.4, 0.5) is 0 Å². The van der Waals surface area contributed by atoms with Crippen LogP contribution in [-0.2, 0) is 4.74 Å². The molecule has 11 atom stereocenters. The van der Waals surface area contributed by atoms with E-state index in [1.807, 2.05) is 7.11 Å². The van der Waals surface area contributed by atoms with Crippen LogP contribution in [0.25, 0.3) is 0 Å². The van der Waals surface area contributed by atoms with Crippen LogP contribution in [-0.4, -0.2) is 154 Å². The summed E-state index contributed by atoms with van der Waals surface area (Å²) in [6.45, 7) is 83.5. The van der Waals surface area contributed by atoms with Gasteiger partial charge >= 0.3 is 0 Å². The molecule has 6 aliphatic rings. The Bertz CT molecular complexity index is 1580. The van der Waals surface area contributed by atoms with Crippen LogP contribution in [0.3, 0.4) is 0 Å². The molecule has 0 N–H and O–H groups in total. The molecule has 0 amide bonds. The number of hydrogen-bond donors (Lipinski definition) is 0. The summed E-state index contributed by atoms with van der Waals surface area (Å²) in [6.07, 6.45) is 15.1. The monoisotopic (exact) mass is 1130 g/mol. The molecule has 0 saturated carbocycles. The Balaban J connectivity index is 0.000000481. The van der Waals surface area contributed by atoms with E-state index < -0.39 is 0 Å². The minimum absolute atomic E-state index is 0.382. The zero-order valence-electron chi connectivity index (χ0n) is 61.3. The van der Waals surface area contributed by atoms with Crippen molar-refractivity contribution < 1.29 is 4.74 Å². The maximum Gasteiger partial charge on any atom is 0.0503 e. The maximum atomic E-state index is 5.29. The van der Waals surface area contributed by atoms with E-state index in [0.29, 0.717) is 63.3 Å². The van der Waals surface area contributed by atoms with Gasteiger partial charge in [0.05, 0.1) is 6.61 Å². The SMILES string of the molecule is CC(C)N1C(C)CC[C@H]1C(C)(C)C.CC(C)[C@@H]1CCCN1C(C)C.CC1C[C@@H](C(C)(C)C)N(C(C)C)C1.CCC1CC[C@@H](C(C)(C)C)N1C(C)C.CCC1C[C@@H](C(C)(C)C)N(C(C)C)C1.COCC1C[C@@H](C(C)(C)C)N(C(C)C)C1. The van der Waals surface area contributed by atoms with E-state index in [4.69, 9.17) is 4.74 Å². The molecule has 5 unspecified atom stereocenters. The Hall–Kier alpha value is -0.280. The predicted octanol–water partition coefficient (Wildman–Crippen LogP) is 19.0. The van der Waals surface area contributed by atoms with Crippen molar-refractivity contribution in [2.45, 2.75) is 384 Å². The number of hydrogen-bond acceptors (Lipinski definition) is 7. The first-order chi connectivity index (χ1) is 36.4. The zero-order valence-corrected chi connectivity index (χ0v) is 61.3. The van der Waals surface area contributed by atoms with Gasteiger partial charge < -0.3 is 4.74 Å². The number of methoxy groups -OCH3 is 1. The third-order valence-electron chi connectivity index (χ3n) is 20.1. The molecule has 6 saturated heterocycles. The van der Waals surface area contributed by atoms with Gasteiger partial charge in [-0.05, 0) is 212 Å². The van der Waals surface area contributed by atoms with E-state index in [-0.39, 0.29) is 0 Å². The zero-order chi connectivity index (χ0) is 62.4. The Morgan fingerprint density at radius 1 is 0.400 bits per heavy atom. The van der Waals surface area contributed by atoms with Crippen molar-refractivity contribution in [3.63, 3.8) is 0 Å². The van der Waals surface area contributed by atoms with Crippen LogP contribution >= 0.6 is 0 Å². The standard InChI is InChI=1S/C13H27NO.2C13H27N.2C12H25N.C10H21N/c1-10(2)14-8-11(9-15-6)7-12(14)13(3,4)5;1-7-11-8-12(13(4,5)6)14(9-11)10(2)3;1-7-11-8-9-12(13(4,5)6)14(11)10(2)3;1-9(2)13-8-10(3)7-11(13)12(4,5)6;1-9(2)13-10(3)7-8-11(13)12(4,5)6;1-8(2)10-6-5-7-11(10)9(3)4/h10-12H,7-9H2,1-6H3;2*10-12H,7-9H2,1-6H3;2*9-11H,7-8H2,1-6H3;8-10H,5-7H2,1-4H3/t3*11?,12-;2*10?,11-;10-/m000000/s1. The van der Waals surface area contributed by atoms with Crippen molar-refractivity contribution in [3.05, 3.63) is 0 Å². The molecule has 7 heteroatoms. The van der Waals surface area contributed by atoms with E-state index in [9.17, 15) is 0 Å². The van der Waals surface area contributed by atoms with Crippen molar-refractivity contribution in [3.8, 4) is 0 Å². The summed E-state index contributed by atoms with van der Waals surface area (Å²) in [5, 5.41) is 0. The highest BCUT2D eigenvalue weighted by molar-refractivity contribution is 4.98. The fraction of sp³-hybridized carbons (Fsp3) is 1.00. The maximum absolute atomic E-state index is 5.29. The van der Waals surface area contributed by atoms with Gasteiger partial charge in [0.2, 0.25) is 0 Å². The van der Waals surface area contributed by atoms with E-state index in [2.05, 4.69) is 258 Å². The van der Waals surface area contributed by atoms with Crippen LogP contribution < -0.4 is 0 Å². The lowest BCUT2D eigenvalue weighted by Crippen LogP contribution is -2.46. The summed E-state index contributed by atoms with van der Waals surface area (Å²) in [5.74, 6) is 3.37. The fourth-order valence-corrected chi connectivity index (χ4v) is 15.8. The van der Waals surface area contributed by atoms with Crippen LogP contribution in [0, 0.1) is 50.7 Å². The van der Waals surface area contributed by atoms with E-state index in [0.717, 1.165) is 78.6 Å². The number of ether oxygens (including phenoxy) is 1. The second kappa shape index (κ2) is 33.7. The van der Waals surface area contributed by atoms with Gasteiger partial charge in [-0.2, -0.15) is 0 Å². The molecule has 0 radical (unpaired) electrons. The Morgan fingerprint density at radius 2 is 0.775 bits per heavy atom. The molecular formula is C73H152N6O. The van der Waals surface area contributed by atoms with Gasteiger partial charge in [-0.15, -0.1) is 0 Å². The average Bonchev–Trinajstić information content (AvgIpc) is 4.16. The molecule has 6 aliphatic heterocycles. The Labute approximate surface area is 506 Å². The lowest BCUT2D eigenvalue weighted by Gasteiger charge is -2.40. The highest BCUT2D eigenvalue weighted by Crippen LogP contribution is 2.42. The molecule has 6 rings (SSSR count). The molecule has 0 aromatic heterocycles. The summed E-state index contributed by atoms with van der Waals surface area (Å²) >= 11 is 0. The van der Waals surface area contributed by atoms with E-state index >= 15 is 0 Å². The lowest BCUT2D eigenvalue weighted by molar-refractivity contribution is 0.0758. The topological polar surface area (TPSA) is 28.7 Å². The first-order valence-electron chi connectivity index (χ1n) is 34.4. The second-order valence-corrected chi connectivity index (χ2v) is 34.6. The summed E-state index contributed by atoms with van der Waals surface area (Å²) in [5.41, 5.74) is 2.14. The number of nitrogens with zero attached hydrogens (tertiary/aromatic N) is 6. The molecule has 0 aromatic carbocycles. The van der Waals surface area contributed by atoms with E-state index in [1.165, 1.54) is 96.8 Å². The summed E-state index contributed by atoms with van der Waals surface area (Å²) < 4.78 is 5.29. The van der Waals surface area contributed by atoms with Crippen molar-refractivity contribution in [1.82, 2.24) is 29.4 Å².